The molecule has 1 aliphatic heterocycles. The maximum absolute atomic E-state index is 11.5. The van der Waals surface area contributed by atoms with Crippen molar-refractivity contribution in [3.8, 4) is 11.5 Å². The van der Waals surface area contributed by atoms with E-state index in [2.05, 4.69) is 15.5 Å². The monoisotopic (exact) mass is 334 g/mol. The van der Waals surface area contributed by atoms with Crippen molar-refractivity contribution in [3.63, 3.8) is 0 Å². The standard InChI is InChI=1S/C15H18N4O3S/c1-3-16-13(20)9-23-15-18-17-14(19(15)2)12-8-21-10-6-4-5-7-11(10)22-12/h4-7,12H,3,8-9H2,1-2H3,(H,16,20)/t12-/m0/s1. The van der Waals surface area contributed by atoms with Crippen LogP contribution in [0.1, 0.15) is 18.9 Å². The van der Waals surface area contributed by atoms with Gasteiger partial charge in [0.25, 0.3) is 0 Å². The quantitative estimate of drug-likeness (QED) is 0.836. The zero-order valence-corrected chi connectivity index (χ0v) is 13.8. The Morgan fingerprint density at radius 1 is 1.39 bits per heavy atom. The highest BCUT2D eigenvalue weighted by molar-refractivity contribution is 7.99. The van der Waals surface area contributed by atoms with E-state index in [-0.39, 0.29) is 12.0 Å². The molecule has 23 heavy (non-hydrogen) atoms. The van der Waals surface area contributed by atoms with Gasteiger partial charge >= 0.3 is 0 Å². The van der Waals surface area contributed by atoms with Crippen molar-refractivity contribution in [1.82, 2.24) is 20.1 Å². The maximum atomic E-state index is 11.5. The third kappa shape index (κ3) is 3.42. The molecular weight excluding hydrogens is 316 g/mol. The molecular formula is C15H18N4O3S. The highest BCUT2D eigenvalue weighted by Crippen LogP contribution is 2.35. The lowest BCUT2D eigenvalue weighted by molar-refractivity contribution is -0.118. The Morgan fingerprint density at radius 3 is 2.96 bits per heavy atom. The molecule has 3 rings (SSSR count). The van der Waals surface area contributed by atoms with Crippen LogP contribution in [0.15, 0.2) is 29.4 Å². The number of rotatable bonds is 5. The number of carbonyl (C=O) groups excluding carboxylic acids is 1. The second-order valence-corrected chi connectivity index (χ2v) is 5.95. The lowest BCUT2D eigenvalue weighted by Gasteiger charge is -2.25. The van der Waals surface area contributed by atoms with E-state index in [1.807, 2.05) is 42.8 Å². The van der Waals surface area contributed by atoms with Crippen molar-refractivity contribution >= 4 is 17.7 Å². The molecule has 2 aromatic rings. The summed E-state index contributed by atoms with van der Waals surface area (Å²) in [6.07, 6.45) is -0.318. The molecule has 0 radical (unpaired) electrons. The summed E-state index contributed by atoms with van der Waals surface area (Å²) in [4.78, 5) is 11.5. The number of fused-ring (bicyclic) bond motifs is 1. The fraction of sp³-hybridized carbons (Fsp3) is 0.400. The van der Waals surface area contributed by atoms with Crippen LogP contribution in [0, 0.1) is 0 Å². The van der Waals surface area contributed by atoms with Gasteiger partial charge in [0.1, 0.15) is 6.61 Å². The molecule has 1 N–H and O–H groups in total. The summed E-state index contributed by atoms with van der Waals surface area (Å²) in [6, 6.07) is 7.54. The fourth-order valence-corrected chi connectivity index (χ4v) is 3.01. The van der Waals surface area contributed by atoms with Crippen molar-refractivity contribution in [2.45, 2.75) is 18.2 Å². The van der Waals surface area contributed by atoms with Gasteiger partial charge in [-0.3, -0.25) is 4.79 Å². The summed E-state index contributed by atoms with van der Waals surface area (Å²) in [5.74, 6) is 2.40. The zero-order valence-electron chi connectivity index (χ0n) is 13.0. The van der Waals surface area contributed by atoms with E-state index >= 15 is 0 Å². The molecule has 8 heteroatoms. The third-order valence-corrected chi connectivity index (χ3v) is 4.39. The summed E-state index contributed by atoms with van der Waals surface area (Å²) in [7, 11) is 1.86. The van der Waals surface area contributed by atoms with E-state index in [4.69, 9.17) is 9.47 Å². The smallest absolute Gasteiger partial charge is 0.230 e. The molecule has 1 aliphatic rings. The summed E-state index contributed by atoms with van der Waals surface area (Å²) >= 11 is 1.35. The molecule has 1 amide bonds. The molecule has 0 unspecified atom stereocenters. The number of nitrogens with zero attached hydrogens (tertiary/aromatic N) is 3. The van der Waals surface area contributed by atoms with E-state index in [1.54, 1.807) is 0 Å². The van der Waals surface area contributed by atoms with E-state index in [9.17, 15) is 4.79 Å². The average molecular weight is 334 g/mol. The lowest BCUT2D eigenvalue weighted by Crippen LogP contribution is -2.25. The molecule has 1 aromatic heterocycles. The topological polar surface area (TPSA) is 78.3 Å². The van der Waals surface area contributed by atoms with Crippen LogP contribution in [0.5, 0.6) is 11.5 Å². The number of aromatic nitrogens is 3. The van der Waals surface area contributed by atoms with Gasteiger partial charge < -0.3 is 19.4 Å². The minimum Gasteiger partial charge on any atom is -0.485 e. The number of carbonyl (C=O) groups is 1. The Kier molecular flexibility index (Phi) is 4.71. The van der Waals surface area contributed by atoms with Gasteiger partial charge in [-0.15, -0.1) is 10.2 Å². The van der Waals surface area contributed by atoms with Crippen LogP contribution in [0.25, 0.3) is 0 Å². The number of benzene rings is 1. The Hall–Kier alpha value is -2.22. The number of hydrogen-bond acceptors (Lipinski definition) is 6. The highest BCUT2D eigenvalue weighted by Gasteiger charge is 2.27. The largest absolute Gasteiger partial charge is 0.485 e. The molecule has 0 bridgehead atoms. The van der Waals surface area contributed by atoms with Gasteiger partial charge in [0, 0.05) is 13.6 Å². The Labute approximate surface area is 138 Å². The molecule has 0 aliphatic carbocycles. The predicted molar refractivity (Wildman–Crippen MR) is 85.7 cm³/mol. The normalized spacial score (nSPS) is 16.2. The number of hydrogen-bond donors (Lipinski definition) is 1. The SMILES string of the molecule is CCNC(=O)CSc1nnc([C@@H]2COc3ccccc3O2)n1C. The van der Waals surface area contributed by atoms with Crippen molar-refractivity contribution in [2.75, 3.05) is 18.9 Å². The van der Waals surface area contributed by atoms with E-state index in [1.165, 1.54) is 11.8 Å². The lowest BCUT2D eigenvalue weighted by atomic mass is 10.2. The minimum absolute atomic E-state index is 0.0202. The Morgan fingerprint density at radius 2 is 2.17 bits per heavy atom. The number of ether oxygens (including phenoxy) is 2. The maximum Gasteiger partial charge on any atom is 0.230 e. The predicted octanol–water partition coefficient (Wildman–Crippen LogP) is 1.56. The second kappa shape index (κ2) is 6.91. The first-order chi connectivity index (χ1) is 11.2. The molecule has 1 atom stereocenters. The molecule has 122 valence electrons. The van der Waals surface area contributed by atoms with Crippen molar-refractivity contribution in [3.05, 3.63) is 30.1 Å². The first kappa shape index (κ1) is 15.7. The van der Waals surface area contributed by atoms with Gasteiger partial charge in [0.2, 0.25) is 5.91 Å². The van der Waals surface area contributed by atoms with Crippen molar-refractivity contribution in [1.29, 1.82) is 0 Å². The van der Waals surface area contributed by atoms with Crippen LogP contribution in [0.2, 0.25) is 0 Å². The third-order valence-electron chi connectivity index (χ3n) is 3.37. The van der Waals surface area contributed by atoms with E-state index < -0.39 is 0 Å². The van der Waals surface area contributed by atoms with Crippen molar-refractivity contribution < 1.29 is 14.3 Å². The number of thioether (sulfide) groups is 1. The molecule has 2 heterocycles. The van der Waals surface area contributed by atoms with Gasteiger partial charge in [-0.05, 0) is 19.1 Å². The minimum atomic E-state index is -0.318. The van der Waals surface area contributed by atoms with Crippen LogP contribution in [0.4, 0.5) is 0 Å². The zero-order chi connectivity index (χ0) is 16.2. The fourth-order valence-electron chi connectivity index (χ4n) is 2.26. The van der Waals surface area contributed by atoms with Crippen LogP contribution in [-0.2, 0) is 11.8 Å². The van der Waals surface area contributed by atoms with Gasteiger partial charge in [-0.2, -0.15) is 0 Å². The molecule has 0 fully saturated rings. The van der Waals surface area contributed by atoms with Gasteiger partial charge in [0.05, 0.1) is 5.75 Å². The first-order valence-corrected chi connectivity index (χ1v) is 8.35. The average Bonchev–Trinajstić information content (AvgIpc) is 2.93. The summed E-state index contributed by atoms with van der Waals surface area (Å²) < 4.78 is 13.5. The second-order valence-electron chi connectivity index (χ2n) is 5.01. The molecule has 7 nitrogen and oxygen atoms in total. The number of amides is 1. The van der Waals surface area contributed by atoms with Crippen molar-refractivity contribution in [2.24, 2.45) is 7.05 Å². The molecule has 0 saturated heterocycles. The molecule has 0 saturated carbocycles. The molecule has 1 aromatic carbocycles. The van der Waals surface area contributed by atoms with Crippen LogP contribution < -0.4 is 14.8 Å². The van der Waals surface area contributed by atoms with Gasteiger partial charge in [-0.1, -0.05) is 23.9 Å². The van der Waals surface area contributed by atoms with Gasteiger partial charge in [0.15, 0.2) is 28.6 Å². The Bertz CT molecular complexity index is 704. The number of nitrogens with one attached hydrogen (secondary N) is 1. The first-order valence-electron chi connectivity index (χ1n) is 7.36. The van der Waals surface area contributed by atoms with Gasteiger partial charge in [-0.25, -0.2) is 0 Å². The van der Waals surface area contributed by atoms with Crippen LogP contribution in [-0.4, -0.2) is 39.6 Å². The summed E-state index contributed by atoms with van der Waals surface area (Å²) in [6.45, 7) is 2.89. The summed E-state index contributed by atoms with van der Waals surface area (Å²) in [5.41, 5.74) is 0. The van der Waals surface area contributed by atoms with Crippen LogP contribution >= 0.6 is 11.8 Å². The molecule has 0 spiro atoms. The van der Waals surface area contributed by atoms with E-state index in [0.29, 0.717) is 35.6 Å². The van der Waals surface area contributed by atoms with Crippen LogP contribution in [0.3, 0.4) is 0 Å². The summed E-state index contributed by atoms with van der Waals surface area (Å²) in [5, 5.41) is 11.8. The Balaban J connectivity index is 1.69. The highest BCUT2D eigenvalue weighted by atomic mass is 32.2. The number of para-hydroxylation sites is 2. The van der Waals surface area contributed by atoms with E-state index in [0.717, 1.165) is 5.75 Å².